The zero-order valence-electron chi connectivity index (χ0n) is 12.7. The Morgan fingerprint density at radius 1 is 1.09 bits per heavy atom. The Hall–Kier alpha value is -2.61. The Morgan fingerprint density at radius 3 is 2.50 bits per heavy atom. The zero-order chi connectivity index (χ0) is 15.5. The maximum absolute atomic E-state index is 12.2. The first-order chi connectivity index (χ1) is 10.7. The van der Waals surface area contributed by atoms with Crippen molar-refractivity contribution in [3.8, 4) is 0 Å². The second-order valence-electron chi connectivity index (χ2n) is 5.56. The average molecular weight is 289 g/mol. The molecule has 0 aromatic heterocycles. The largest absolute Gasteiger partial charge is 0.326 e. The first-order valence-electron chi connectivity index (χ1n) is 7.48. The number of rotatable bonds is 3. The number of allylic oxidation sites excluding steroid dienone is 1. The molecule has 0 aliphatic carbocycles. The fraction of sp³-hybridized carbons (Fsp3) is 0.150. The van der Waals surface area contributed by atoms with Crippen LogP contribution < -0.4 is 5.32 Å². The summed E-state index contributed by atoms with van der Waals surface area (Å²) in [6.07, 6.45) is 2.32. The van der Waals surface area contributed by atoms with E-state index in [-0.39, 0.29) is 11.8 Å². The molecule has 0 saturated carbocycles. The third-order valence-corrected chi connectivity index (χ3v) is 4.22. The second-order valence-corrected chi connectivity index (χ2v) is 5.56. The van der Waals surface area contributed by atoms with Gasteiger partial charge < -0.3 is 5.32 Å². The van der Waals surface area contributed by atoms with Crippen LogP contribution in [0.15, 0.2) is 66.7 Å². The highest BCUT2D eigenvalue weighted by atomic mass is 16.1. The number of benzene rings is 2. The number of nitrogens with one attached hydrogen (secondary N) is 1. The quantitative estimate of drug-likeness (QED) is 0.893. The molecule has 2 aromatic carbocycles. The Morgan fingerprint density at radius 2 is 1.77 bits per heavy atom. The lowest BCUT2D eigenvalue weighted by Gasteiger charge is -2.28. The molecular formula is C20H19NO. The van der Waals surface area contributed by atoms with Gasteiger partial charge in [-0.3, -0.25) is 4.79 Å². The highest BCUT2D eigenvalue weighted by Crippen LogP contribution is 2.36. The number of carbonyl (C=O) groups excluding carboxylic acids is 1. The smallest absolute Gasteiger partial charge is 0.225 e. The van der Waals surface area contributed by atoms with E-state index in [1.54, 1.807) is 0 Å². The number of hydrogen-bond donors (Lipinski definition) is 1. The predicted octanol–water partition coefficient (Wildman–Crippen LogP) is 4.36. The Kier molecular flexibility index (Phi) is 3.92. The minimum Gasteiger partial charge on any atom is -0.326 e. The summed E-state index contributed by atoms with van der Waals surface area (Å²) >= 11 is 0. The van der Waals surface area contributed by atoms with E-state index in [1.807, 2.05) is 48.5 Å². The van der Waals surface area contributed by atoms with Crippen LogP contribution in [0.3, 0.4) is 0 Å². The van der Waals surface area contributed by atoms with Gasteiger partial charge in [0.25, 0.3) is 0 Å². The minimum atomic E-state index is 0.0633. The molecule has 1 amide bonds. The molecule has 110 valence electrons. The highest BCUT2D eigenvalue weighted by Gasteiger charge is 2.27. The van der Waals surface area contributed by atoms with Gasteiger partial charge in [-0.2, -0.15) is 0 Å². The Bertz CT molecular complexity index is 743. The van der Waals surface area contributed by atoms with Crippen LogP contribution in [-0.2, 0) is 4.79 Å². The summed E-state index contributed by atoms with van der Waals surface area (Å²) in [7, 11) is 0. The van der Waals surface area contributed by atoms with Gasteiger partial charge in [-0.1, -0.05) is 67.3 Å². The molecule has 1 aliphatic heterocycles. The standard InChI is InChI=1S/C20H19NO/c1-3-15-9-7-8-12-17(15)20-14(2)18(13-19(22)21-20)16-10-5-4-6-11-16/h3-12,18H,1,13H2,2H3,(H,21,22). The molecule has 2 heteroatoms. The molecule has 2 nitrogen and oxygen atoms in total. The molecule has 0 saturated heterocycles. The lowest BCUT2D eigenvalue weighted by atomic mass is 9.83. The summed E-state index contributed by atoms with van der Waals surface area (Å²) in [6, 6.07) is 18.2. The molecule has 0 radical (unpaired) electrons. The van der Waals surface area contributed by atoms with Crippen LogP contribution in [0.1, 0.15) is 36.0 Å². The van der Waals surface area contributed by atoms with Crippen LogP contribution >= 0.6 is 0 Å². The normalized spacial score (nSPS) is 18.0. The van der Waals surface area contributed by atoms with Crippen LogP contribution in [0, 0.1) is 0 Å². The van der Waals surface area contributed by atoms with Gasteiger partial charge in [0, 0.05) is 23.6 Å². The van der Waals surface area contributed by atoms with E-state index in [0.29, 0.717) is 6.42 Å². The SMILES string of the molecule is C=Cc1ccccc1C1=C(C)C(c2ccccc2)CC(=O)N1. The van der Waals surface area contributed by atoms with Crippen molar-refractivity contribution >= 4 is 17.7 Å². The molecule has 2 aromatic rings. The summed E-state index contributed by atoms with van der Waals surface area (Å²) in [5.74, 6) is 0.191. The van der Waals surface area contributed by atoms with Gasteiger partial charge in [-0.15, -0.1) is 0 Å². The molecule has 22 heavy (non-hydrogen) atoms. The molecule has 1 unspecified atom stereocenters. The molecule has 1 N–H and O–H groups in total. The first kappa shape index (κ1) is 14.3. The van der Waals surface area contributed by atoms with Crippen molar-refractivity contribution in [3.05, 3.63) is 83.4 Å². The van der Waals surface area contributed by atoms with Crippen molar-refractivity contribution in [3.63, 3.8) is 0 Å². The summed E-state index contributed by atoms with van der Waals surface area (Å²) in [4.78, 5) is 12.2. The summed E-state index contributed by atoms with van der Waals surface area (Å²) in [5.41, 5.74) is 5.36. The van der Waals surface area contributed by atoms with Gasteiger partial charge in [-0.25, -0.2) is 0 Å². The van der Waals surface area contributed by atoms with Gasteiger partial charge >= 0.3 is 0 Å². The van der Waals surface area contributed by atoms with Gasteiger partial charge in [0.1, 0.15) is 0 Å². The summed E-state index contributed by atoms with van der Waals surface area (Å²) in [5, 5.41) is 3.05. The molecule has 1 heterocycles. The van der Waals surface area contributed by atoms with E-state index < -0.39 is 0 Å². The molecule has 0 bridgehead atoms. The van der Waals surface area contributed by atoms with E-state index in [9.17, 15) is 4.79 Å². The second kappa shape index (κ2) is 6.02. The van der Waals surface area contributed by atoms with E-state index in [0.717, 1.165) is 16.8 Å². The van der Waals surface area contributed by atoms with Crippen LogP contribution in [0.5, 0.6) is 0 Å². The molecule has 1 aliphatic rings. The van der Waals surface area contributed by atoms with Crippen molar-refractivity contribution < 1.29 is 4.79 Å². The number of carbonyl (C=O) groups is 1. The van der Waals surface area contributed by atoms with Crippen molar-refractivity contribution in [1.29, 1.82) is 0 Å². The van der Waals surface area contributed by atoms with Crippen LogP contribution in [0.25, 0.3) is 11.8 Å². The Balaban J connectivity index is 2.12. The first-order valence-corrected chi connectivity index (χ1v) is 7.48. The number of amides is 1. The van der Waals surface area contributed by atoms with Crippen molar-refractivity contribution in [2.75, 3.05) is 0 Å². The molecule has 0 spiro atoms. The van der Waals surface area contributed by atoms with Crippen LogP contribution in [-0.4, -0.2) is 5.91 Å². The third-order valence-electron chi connectivity index (χ3n) is 4.22. The Labute approximate surface area is 131 Å². The van der Waals surface area contributed by atoms with E-state index in [4.69, 9.17) is 0 Å². The topological polar surface area (TPSA) is 29.1 Å². The van der Waals surface area contributed by atoms with Gasteiger partial charge in [0.05, 0.1) is 0 Å². The molecule has 1 atom stereocenters. The highest BCUT2D eigenvalue weighted by molar-refractivity contribution is 5.93. The van der Waals surface area contributed by atoms with Crippen molar-refractivity contribution in [1.82, 2.24) is 5.32 Å². The van der Waals surface area contributed by atoms with Crippen LogP contribution in [0.4, 0.5) is 0 Å². The minimum absolute atomic E-state index is 0.0633. The molecule has 3 rings (SSSR count). The maximum atomic E-state index is 12.2. The predicted molar refractivity (Wildman–Crippen MR) is 91.1 cm³/mol. The van der Waals surface area contributed by atoms with Crippen LogP contribution in [0.2, 0.25) is 0 Å². The molecule has 0 fully saturated rings. The van der Waals surface area contributed by atoms with E-state index in [1.165, 1.54) is 11.1 Å². The number of hydrogen-bond acceptors (Lipinski definition) is 1. The summed E-state index contributed by atoms with van der Waals surface area (Å²) in [6.45, 7) is 5.98. The van der Waals surface area contributed by atoms with Crippen molar-refractivity contribution in [2.45, 2.75) is 19.3 Å². The van der Waals surface area contributed by atoms with Gasteiger partial charge in [0.2, 0.25) is 5.91 Å². The van der Waals surface area contributed by atoms with Gasteiger partial charge in [-0.05, 0) is 23.6 Å². The van der Waals surface area contributed by atoms with E-state index in [2.05, 4.69) is 31.0 Å². The van der Waals surface area contributed by atoms with E-state index >= 15 is 0 Å². The lowest BCUT2D eigenvalue weighted by molar-refractivity contribution is -0.120. The monoisotopic (exact) mass is 289 g/mol. The maximum Gasteiger partial charge on any atom is 0.225 e. The zero-order valence-corrected chi connectivity index (χ0v) is 12.7. The van der Waals surface area contributed by atoms with Crippen molar-refractivity contribution in [2.24, 2.45) is 0 Å². The lowest BCUT2D eigenvalue weighted by Crippen LogP contribution is -2.31. The third kappa shape index (κ3) is 2.60. The molecular weight excluding hydrogens is 270 g/mol. The fourth-order valence-electron chi connectivity index (χ4n) is 3.04. The average Bonchev–Trinajstić information content (AvgIpc) is 2.57. The summed E-state index contributed by atoms with van der Waals surface area (Å²) < 4.78 is 0. The van der Waals surface area contributed by atoms with Gasteiger partial charge in [0.15, 0.2) is 0 Å². The fourth-order valence-corrected chi connectivity index (χ4v) is 3.04.